The number of rotatable bonds is 11. The summed E-state index contributed by atoms with van der Waals surface area (Å²) >= 11 is 0. The molecule has 3 heteroatoms. The number of hydrogen-bond acceptors (Lipinski definition) is 1. The molecule has 1 aliphatic carbocycles. The maximum atomic E-state index is 14.3. The Morgan fingerprint density at radius 3 is 2.20 bits per heavy atom. The molecular weight excluding hydrogens is 447 g/mol. The maximum Gasteiger partial charge on any atom is 0.165 e. The minimum atomic E-state index is -0.403. The summed E-state index contributed by atoms with van der Waals surface area (Å²) in [6.45, 7) is 6.22. The van der Waals surface area contributed by atoms with Crippen LogP contribution in [0.1, 0.15) is 82.6 Å². The second-order valence-electron chi connectivity index (χ2n) is 11.1. The fourth-order valence-corrected chi connectivity index (χ4v) is 10.1. The largest absolute Gasteiger partial charge is 0.491 e. The highest BCUT2D eigenvalue weighted by molar-refractivity contribution is 6.58. The predicted molar refractivity (Wildman–Crippen MR) is 151 cm³/mol. The molecule has 1 heterocycles. The minimum Gasteiger partial charge on any atom is -0.491 e. The molecule has 2 fully saturated rings. The van der Waals surface area contributed by atoms with Gasteiger partial charge in [-0.3, -0.25) is 0 Å². The first-order chi connectivity index (χ1) is 17.2. The fraction of sp³-hybridized carbons (Fsp3) is 0.562. The van der Waals surface area contributed by atoms with E-state index in [9.17, 15) is 4.39 Å². The summed E-state index contributed by atoms with van der Waals surface area (Å²) in [6, 6.07) is 18.9. The molecule has 1 saturated carbocycles. The van der Waals surface area contributed by atoms with Gasteiger partial charge in [-0.1, -0.05) is 86.6 Å². The lowest BCUT2D eigenvalue weighted by molar-refractivity contribution is 0.280. The van der Waals surface area contributed by atoms with Gasteiger partial charge in [0.25, 0.3) is 0 Å². The second kappa shape index (κ2) is 13.4. The zero-order chi connectivity index (χ0) is 24.5. The Balaban J connectivity index is 1.19. The van der Waals surface area contributed by atoms with Crippen molar-refractivity contribution in [2.24, 2.45) is 11.8 Å². The van der Waals surface area contributed by atoms with Gasteiger partial charge in [-0.25, -0.2) is 4.39 Å². The van der Waals surface area contributed by atoms with Gasteiger partial charge in [0.1, 0.15) is 0 Å². The Morgan fingerprint density at radius 1 is 0.914 bits per heavy atom. The molecule has 4 rings (SSSR count). The van der Waals surface area contributed by atoms with E-state index < -0.39 is 8.80 Å². The van der Waals surface area contributed by atoms with Crippen LogP contribution in [0.3, 0.4) is 0 Å². The van der Waals surface area contributed by atoms with Crippen LogP contribution in [0.5, 0.6) is 5.75 Å². The molecule has 0 aromatic heterocycles. The molecule has 0 atom stereocenters. The minimum absolute atomic E-state index is 0.287. The molecule has 1 nitrogen and oxygen atoms in total. The van der Waals surface area contributed by atoms with Crippen LogP contribution in [-0.2, 0) is 0 Å². The van der Waals surface area contributed by atoms with Crippen LogP contribution in [0.15, 0.2) is 55.1 Å². The van der Waals surface area contributed by atoms with Crippen LogP contribution in [0.4, 0.5) is 4.39 Å². The van der Waals surface area contributed by atoms with Gasteiger partial charge in [0, 0.05) is 8.80 Å². The van der Waals surface area contributed by atoms with Gasteiger partial charge >= 0.3 is 0 Å². The van der Waals surface area contributed by atoms with Crippen molar-refractivity contribution in [3.05, 3.63) is 66.5 Å². The second-order valence-corrected chi connectivity index (χ2v) is 14.6. The lowest BCUT2D eigenvalue weighted by atomic mass is 9.76. The Morgan fingerprint density at radius 2 is 1.57 bits per heavy atom. The molecule has 0 bridgehead atoms. The van der Waals surface area contributed by atoms with E-state index >= 15 is 0 Å². The van der Waals surface area contributed by atoms with E-state index in [4.69, 9.17) is 4.74 Å². The highest BCUT2D eigenvalue weighted by Gasteiger charge is 2.25. The summed E-state index contributed by atoms with van der Waals surface area (Å²) in [5.74, 6) is 2.70. The Bertz CT molecular complexity index is 908. The van der Waals surface area contributed by atoms with Gasteiger partial charge in [-0.05, 0) is 85.6 Å². The van der Waals surface area contributed by atoms with Crippen molar-refractivity contribution in [3.8, 4) is 16.9 Å². The van der Waals surface area contributed by atoms with E-state index in [1.165, 1.54) is 69.8 Å². The SMILES string of the molecule is C=CCCC[SiH]1CCC(CC[C@H]2CC[C@H](c3ccc(-c4ccc(OCC)c(F)c4)cc3)CC2)CC1. The maximum absolute atomic E-state index is 14.3. The Labute approximate surface area is 214 Å². The first kappa shape index (κ1) is 26.2. The first-order valence-corrected chi connectivity index (χ1v) is 16.7. The van der Waals surface area contributed by atoms with E-state index in [0.717, 1.165) is 23.0 Å². The van der Waals surface area contributed by atoms with Gasteiger partial charge in [0.2, 0.25) is 0 Å². The predicted octanol–water partition coefficient (Wildman–Crippen LogP) is 9.55. The van der Waals surface area contributed by atoms with E-state index in [2.05, 4.69) is 36.9 Å². The summed E-state index contributed by atoms with van der Waals surface area (Å²) in [4.78, 5) is 0. The Kier molecular flexibility index (Phi) is 10.1. The van der Waals surface area contributed by atoms with E-state index in [0.29, 0.717) is 18.3 Å². The monoisotopic (exact) mass is 492 g/mol. The topological polar surface area (TPSA) is 9.23 Å². The van der Waals surface area contributed by atoms with Crippen molar-refractivity contribution in [1.82, 2.24) is 0 Å². The summed E-state index contributed by atoms with van der Waals surface area (Å²) < 4.78 is 19.6. The fourth-order valence-electron chi connectivity index (χ4n) is 6.52. The zero-order valence-corrected chi connectivity index (χ0v) is 23.0. The van der Waals surface area contributed by atoms with Gasteiger partial charge in [-0.15, -0.1) is 6.58 Å². The number of benzene rings is 2. The summed E-state index contributed by atoms with van der Waals surface area (Å²) in [7, 11) is -0.403. The molecule has 2 aromatic rings. The molecule has 1 saturated heterocycles. The average molecular weight is 493 g/mol. The standard InChI is InChI=1S/C32H45FOSi/c1-3-5-6-21-35-22-19-26(20-23-35)8-7-25-9-11-27(12-10-25)28-13-15-29(16-14-28)30-17-18-32(34-4-2)31(33)24-30/h3,13-18,24-27,35H,1,4-12,19-23H2,2H3/t25-,26?,27-,35?. The number of ether oxygens (including phenoxy) is 1. The quantitative estimate of drug-likeness (QED) is 0.172. The number of allylic oxidation sites excluding steroid dienone is 1. The van der Waals surface area contributed by atoms with E-state index in [1.54, 1.807) is 30.3 Å². The number of unbranched alkanes of at least 4 members (excludes halogenated alkanes) is 1. The third-order valence-corrected chi connectivity index (χ3v) is 12.3. The smallest absolute Gasteiger partial charge is 0.165 e. The molecule has 0 unspecified atom stereocenters. The highest BCUT2D eigenvalue weighted by Crippen LogP contribution is 2.40. The molecular formula is C32H45FOSi. The lowest BCUT2D eigenvalue weighted by Gasteiger charge is -2.32. The normalized spacial score (nSPS) is 24.7. The van der Waals surface area contributed by atoms with Crippen LogP contribution in [0.25, 0.3) is 11.1 Å². The van der Waals surface area contributed by atoms with Crippen molar-refractivity contribution in [2.45, 2.75) is 95.2 Å². The van der Waals surface area contributed by atoms with Crippen LogP contribution in [-0.4, -0.2) is 15.4 Å². The molecule has 2 aromatic carbocycles. The third kappa shape index (κ3) is 7.55. The van der Waals surface area contributed by atoms with Crippen molar-refractivity contribution < 1.29 is 9.13 Å². The summed E-state index contributed by atoms with van der Waals surface area (Å²) in [5, 5.41) is 0. The van der Waals surface area contributed by atoms with Crippen LogP contribution in [0.2, 0.25) is 18.1 Å². The van der Waals surface area contributed by atoms with Gasteiger partial charge in [0.05, 0.1) is 6.61 Å². The molecule has 0 radical (unpaired) electrons. The van der Waals surface area contributed by atoms with Gasteiger partial charge in [-0.2, -0.15) is 0 Å². The molecule has 0 amide bonds. The molecule has 190 valence electrons. The lowest BCUT2D eigenvalue weighted by Crippen LogP contribution is -2.22. The van der Waals surface area contributed by atoms with Crippen molar-refractivity contribution in [2.75, 3.05) is 6.61 Å². The molecule has 2 aliphatic rings. The first-order valence-electron chi connectivity index (χ1n) is 14.3. The van der Waals surface area contributed by atoms with Crippen LogP contribution >= 0.6 is 0 Å². The number of halogens is 1. The molecule has 0 spiro atoms. The zero-order valence-electron chi connectivity index (χ0n) is 21.8. The molecule has 35 heavy (non-hydrogen) atoms. The van der Waals surface area contributed by atoms with Crippen molar-refractivity contribution in [1.29, 1.82) is 0 Å². The van der Waals surface area contributed by atoms with Gasteiger partial charge < -0.3 is 4.74 Å². The van der Waals surface area contributed by atoms with Crippen molar-refractivity contribution >= 4 is 8.80 Å². The van der Waals surface area contributed by atoms with Crippen molar-refractivity contribution in [3.63, 3.8) is 0 Å². The molecule has 1 aliphatic heterocycles. The van der Waals surface area contributed by atoms with E-state index in [-0.39, 0.29) is 5.82 Å². The molecule has 0 N–H and O–H groups in total. The van der Waals surface area contributed by atoms with Gasteiger partial charge in [0.15, 0.2) is 11.6 Å². The Hall–Kier alpha value is -1.87. The average Bonchev–Trinajstić information content (AvgIpc) is 2.90. The van der Waals surface area contributed by atoms with Crippen LogP contribution < -0.4 is 4.74 Å². The summed E-state index contributed by atoms with van der Waals surface area (Å²) in [5.41, 5.74) is 3.44. The van der Waals surface area contributed by atoms with E-state index in [1.807, 2.05) is 13.0 Å². The third-order valence-electron chi connectivity index (χ3n) is 8.76. The number of hydrogen-bond donors (Lipinski definition) is 0. The summed E-state index contributed by atoms with van der Waals surface area (Å²) in [6.07, 6.45) is 16.2. The van der Waals surface area contributed by atoms with Crippen LogP contribution in [0, 0.1) is 17.7 Å². The highest BCUT2D eigenvalue weighted by atomic mass is 28.3.